The van der Waals surface area contributed by atoms with Crippen LogP contribution in [0.4, 0.5) is 4.39 Å². The molecule has 0 bridgehead atoms. The van der Waals surface area contributed by atoms with Crippen LogP contribution < -0.4 is 0 Å². The Labute approximate surface area is 132 Å². The molecule has 6 nitrogen and oxygen atoms in total. The summed E-state index contributed by atoms with van der Waals surface area (Å²) in [6, 6.07) is 2.85. The van der Waals surface area contributed by atoms with E-state index in [-0.39, 0.29) is 23.0 Å². The van der Waals surface area contributed by atoms with Gasteiger partial charge < -0.3 is 5.11 Å². The van der Waals surface area contributed by atoms with Gasteiger partial charge in [0.05, 0.1) is 16.7 Å². The van der Waals surface area contributed by atoms with Crippen LogP contribution in [0.25, 0.3) is 11.4 Å². The lowest BCUT2D eigenvalue weighted by molar-refractivity contribution is 0.402. The average molecular weight is 335 g/mol. The summed E-state index contributed by atoms with van der Waals surface area (Å²) >= 11 is 0. The summed E-state index contributed by atoms with van der Waals surface area (Å²) in [5.74, 6) is 0.141. The number of aromatic hydroxyl groups is 1. The van der Waals surface area contributed by atoms with Crippen molar-refractivity contribution in [3.63, 3.8) is 0 Å². The minimum absolute atomic E-state index is 0.0834. The highest BCUT2D eigenvalue weighted by molar-refractivity contribution is 7.90. The Bertz CT molecular complexity index is 899. The van der Waals surface area contributed by atoms with Crippen molar-refractivity contribution in [1.82, 2.24) is 14.8 Å². The molecule has 0 aliphatic heterocycles. The molecule has 1 unspecified atom stereocenters. The van der Waals surface area contributed by atoms with Gasteiger partial charge >= 0.3 is 0 Å². The quantitative estimate of drug-likeness (QED) is 0.928. The predicted molar refractivity (Wildman–Crippen MR) is 82.8 cm³/mol. The standard InChI is InChI=1S/C15H14FN3O3S/c1-23(21,22)12-6-7-14(17-8-12)19-15(20)13(9-18-19)10-2-4-11(16)5-3-10/h2-4,6-9,11,20H,5H2,1H3. The van der Waals surface area contributed by atoms with Crippen LogP contribution in [0.5, 0.6) is 5.88 Å². The molecule has 2 aromatic heterocycles. The molecule has 1 N–H and O–H groups in total. The number of sulfone groups is 1. The molecule has 0 spiro atoms. The van der Waals surface area contributed by atoms with Crippen molar-refractivity contribution >= 4 is 15.4 Å². The van der Waals surface area contributed by atoms with E-state index in [1.54, 1.807) is 12.2 Å². The normalized spacial score (nSPS) is 18.0. The monoisotopic (exact) mass is 335 g/mol. The molecule has 23 heavy (non-hydrogen) atoms. The van der Waals surface area contributed by atoms with E-state index in [4.69, 9.17) is 0 Å². The molecule has 0 saturated carbocycles. The predicted octanol–water partition coefficient (Wildman–Crippen LogP) is 2.06. The Morgan fingerprint density at radius 2 is 2.13 bits per heavy atom. The van der Waals surface area contributed by atoms with Crippen LogP contribution in [0.15, 0.2) is 47.6 Å². The second-order valence-electron chi connectivity index (χ2n) is 5.19. The van der Waals surface area contributed by atoms with Gasteiger partial charge in [-0.2, -0.15) is 9.78 Å². The molecule has 0 saturated heterocycles. The van der Waals surface area contributed by atoms with Crippen LogP contribution in [0.1, 0.15) is 12.0 Å². The Morgan fingerprint density at radius 1 is 1.35 bits per heavy atom. The largest absolute Gasteiger partial charge is 0.493 e. The van der Waals surface area contributed by atoms with E-state index in [9.17, 15) is 17.9 Å². The summed E-state index contributed by atoms with van der Waals surface area (Å²) in [6.45, 7) is 0. The van der Waals surface area contributed by atoms with Crippen LogP contribution in [0, 0.1) is 0 Å². The van der Waals surface area contributed by atoms with Gasteiger partial charge in [0.15, 0.2) is 15.7 Å². The van der Waals surface area contributed by atoms with Gasteiger partial charge in [0, 0.05) is 18.9 Å². The SMILES string of the molecule is CS(=O)(=O)c1ccc(-n2ncc(C3=CCC(F)C=C3)c2O)nc1. The van der Waals surface area contributed by atoms with Crippen molar-refractivity contribution in [1.29, 1.82) is 0 Å². The fraction of sp³-hybridized carbons (Fsp3) is 0.200. The van der Waals surface area contributed by atoms with E-state index >= 15 is 0 Å². The lowest BCUT2D eigenvalue weighted by atomic mass is 10.0. The second kappa shape index (κ2) is 5.62. The molecule has 3 rings (SSSR count). The Balaban J connectivity index is 1.95. The maximum atomic E-state index is 13.1. The smallest absolute Gasteiger partial charge is 0.223 e. The molecular formula is C15H14FN3O3S. The molecule has 1 atom stereocenters. The molecular weight excluding hydrogens is 321 g/mol. The minimum Gasteiger partial charge on any atom is -0.493 e. The Morgan fingerprint density at radius 3 is 2.70 bits per heavy atom. The maximum Gasteiger partial charge on any atom is 0.223 e. The van der Waals surface area contributed by atoms with Crippen molar-refractivity contribution in [2.45, 2.75) is 17.5 Å². The lowest BCUT2D eigenvalue weighted by Crippen LogP contribution is -2.02. The summed E-state index contributed by atoms with van der Waals surface area (Å²) in [7, 11) is -3.34. The summed E-state index contributed by atoms with van der Waals surface area (Å²) in [5.41, 5.74) is 1.14. The van der Waals surface area contributed by atoms with Crippen molar-refractivity contribution in [3.05, 3.63) is 48.3 Å². The third-order valence-corrected chi connectivity index (χ3v) is 4.57. The van der Waals surface area contributed by atoms with E-state index < -0.39 is 16.0 Å². The fourth-order valence-corrected chi connectivity index (χ4v) is 2.78. The Kier molecular flexibility index (Phi) is 3.77. The zero-order chi connectivity index (χ0) is 16.6. The Hall–Kier alpha value is -2.48. The third-order valence-electron chi connectivity index (χ3n) is 3.47. The van der Waals surface area contributed by atoms with E-state index in [2.05, 4.69) is 10.1 Å². The third kappa shape index (κ3) is 3.02. The number of hydrogen-bond acceptors (Lipinski definition) is 5. The number of halogens is 1. The van der Waals surface area contributed by atoms with E-state index in [0.717, 1.165) is 6.26 Å². The lowest BCUT2D eigenvalue weighted by Gasteiger charge is -2.09. The highest BCUT2D eigenvalue weighted by Crippen LogP contribution is 2.30. The number of nitrogens with zero attached hydrogens (tertiary/aromatic N) is 3. The molecule has 0 radical (unpaired) electrons. The molecule has 1 aliphatic rings. The molecule has 1 aliphatic carbocycles. The summed E-state index contributed by atoms with van der Waals surface area (Å²) in [5, 5.41) is 14.4. The molecule has 2 heterocycles. The van der Waals surface area contributed by atoms with Crippen molar-refractivity contribution in [2.24, 2.45) is 0 Å². The fourth-order valence-electron chi connectivity index (χ4n) is 2.22. The first-order valence-electron chi connectivity index (χ1n) is 6.82. The van der Waals surface area contributed by atoms with Crippen LogP contribution >= 0.6 is 0 Å². The van der Waals surface area contributed by atoms with Gasteiger partial charge in [0.1, 0.15) is 6.17 Å². The van der Waals surface area contributed by atoms with E-state index in [0.29, 0.717) is 11.1 Å². The van der Waals surface area contributed by atoms with Gasteiger partial charge in [-0.25, -0.2) is 17.8 Å². The van der Waals surface area contributed by atoms with Gasteiger partial charge in [-0.15, -0.1) is 0 Å². The highest BCUT2D eigenvalue weighted by Gasteiger charge is 2.17. The molecule has 2 aromatic rings. The van der Waals surface area contributed by atoms with Crippen LogP contribution in [-0.2, 0) is 9.84 Å². The average Bonchev–Trinajstić information content (AvgIpc) is 2.89. The highest BCUT2D eigenvalue weighted by atomic mass is 32.2. The molecule has 8 heteroatoms. The summed E-state index contributed by atoms with van der Waals surface area (Å²) in [4.78, 5) is 4.09. The minimum atomic E-state index is -3.34. The molecule has 120 valence electrons. The van der Waals surface area contributed by atoms with Gasteiger partial charge in [0.25, 0.3) is 0 Å². The number of pyridine rings is 1. The van der Waals surface area contributed by atoms with E-state index in [1.807, 2.05) is 0 Å². The zero-order valence-corrected chi connectivity index (χ0v) is 13.0. The first kappa shape index (κ1) is 15.4. The molecule has 0 aromatic carbocycles. The number of allylic oxidation sites excluding steroid dienone is 4. The van der Waals surface area contributed by atoms with Crippen molar-refractivity contribution in [3.8, 4) is 11.7 Å². The van der Waals surface area contributed by atoms with Gasteiger partial charge in [-0.05, 0) is 23.8 Å². The number of aromatic nitrogens is 3. The van der Waals surface area contributed by atoms with Crippen molar-refractivity contribution < 1.29 is 17.9 Å². The van der Waals surface area contributed by atoms with Crippen LogP contribution in [0.3, 0.4) is 0 Å². The number of hydrogen-bond donors (Lipinski definition) is 1. The van der Waals surface area contributed by atoms with Crippen LogP contribution in [0.2, 0.25) is 0 Å². The summed E-state index contributed by atoms with van der Waals surface area (Å²) < 4.78 is 37.2. The molecule has 0 fully saturated rings. The van der Waals surface area contributed by atoms with Crippen LogP contribution in [-0.4, -0.2) is 40.7 Å². The first-order chi connectivity index (χ1) is 10.9. The van der Waals surface area contributed by atoms with Gasteiger partial charge in [-0.1, -0.05) is 12.2 Å². The van der Waals surface area contributed by atoms with Crippen molar-refractivity contribution in [2.75, 3.05) is 6.26 Å². The van der Waals surface area contributed by atoms with Gasteiger partial charge in [-0.3, -0.25) is 0 Å². The topological polar surface area (TPSA) is 85.1 Å². The number of alkyl halides is 1. The second-order valence-corrected chi connectivity index (χ2v) is 7.20. The molecule has 0 amide bonds. The summed E-state index contributed by atoms with van der Waals surface area (Å²) in [6.07, 6.45) is 7.69. The number of rotatable bonds is 3. The van der Waals surface area contributed by atoms with E-state index in [1.165, 1.54) is 35.3 Å². The maximum absolute atomic E-state index is 13.1. The first-order valence-corrected chi connectivity index (χ1v) is 8.71. The zero-order valence-electron chi connectivity index (χ0n) is 12.2. The van der Waals surface area contributed by atoms with Gasteiger partial charge in [0.2, 0.25) is 5.88 Å².